The molecule has 2 aromatic rings. The van der Waals surface area contributed by atoms with Gasteiger partial charge in [-0.05, 0) is 71.4 Å². The van der Waals surface area contributed by atoms with Crippen LogP contribution >= 0.6 is 22.6 Å². The lowest BCUT2D eigenvalue weighted by Crippen LogP contribution is -2.25. The highest BCUT2D eigenvalue weighted by molar-refractivity contribution is 14.1. The van der Waals surface area contributed by atoms with Gasteiger partial charge < -0.3 is 15.2 Å². The van der Waals surface area contributed by atoms with Crippen LogP contribution in [0.25, 0.3) is 0 Å². The minimum absolute atomic E-state index is 0.00711. The molecular formula is C21H21F3INO2. The molecule has 28 heavy (non-hydrogen) atoms. The SMILES string of the molecule is OC1CCC2(CC2)CNc2c(cc(F)c(F)c2Cc2ccc(I)cc2F)OC1. The predicted octanol–water partition coefficient (Wildman–Crippen LogP) is 5.02. The van der Waals surface area contributed by atoms with E-state index in [4.69, 9.17) is 4.74 Å². The van der Waals surface area contributed by atoms with E-state index in [2.05, 4.69) is 5.32 Å². The third-order valence-electron chi connectivity index (χ3n) is 5.70. The van der Waals surface area contributed by atoms with Crippen LogP contribution in [0.1, 0.15) is 36.8 Å². The largest absolute Gasteiger partial charge is 0.489 e. The second-order valence-electron chi connectivity index (χ2n) is 7.79. The van der Waals surface area contributed by atoms with Crippen LogP contribution in [0.5, 0.6) is 5.75 Å². The number of aliphatic hydroxyl groups excluding tert-OH is 1. The first kappa shape index (κ1) is 19.8. The summed E-state index contributed by atoms with van der Waals surface area (Å²) in [5.41, 5.74) is 0.747. The summed E-state index contributed by atoms with van der Waals surface area (Å²) in [6.45, 7) is 0.594. The van der Waals surface area contributed by atoms with Gasteiger partial charge >= 0.3 is 0 Å². The van der Waals surface area contributed by atoms with Crippen LogP contribution in [-0.4, -0.2) is 24.4 Å². The van der Waals surface area contributed by atoms with Crippen molar-refractivity contribution in [2.24, 2.45) is 5.41 Å². The number of benzene rings is 2. The predicted molar refractivity (Wildman–Crippen MR) is 109 cm³/mol. The van der Waals surface area contributed by atoms with Crippen molar-refractivity contribution >= 4 is 28.3 Å². The maximum Gasteiger partial charge on any atom is 0.164 e. The Labute approximate surface area is 175 Å². The first-order chi connectivity index (χ1) is 13.4. The minimum atomic E-state index is -1.05. The van der Waals surface area contributed by atoms with E-state index < -0.39 is 23.6 Å². The van der Waals surface area contributed by atoms with Crippen LogP contribution in [0, 0.1) is 26.4 Å². The fourth-order valence-corrected chi connectivity index (χ4v) is 4.15. The molecule has 0 amide bonds. The number of ether oxygens (including phenoxy) is 1. The Morgan fingerprint density at radius 1 is 1.14 bits per heavy atom. The normalized spacial score (nSPS) is 20.8. The Hall–Kier alpha value is -1.48. The number of aliphatic hydroxyl groups is 1. The van der Waals surface area contributed by atoms with Gasteiger partial charge in [-0.15, -0.1) is 0 Å². The molecule has 0 radical (unpaired) electrons. The Morgan fingerprint density at radius 2 is 1.93 bits per heavy atom. The lowest BCUT2D eigenvalue weighted by atomic mass is 9.96. The Kier molecular flexibility index (Phi) is 5.48. The van der Waals surface area contributed by atoms with E-state index in [9.17, 15) is 18.3 Å². The van der Waals surface area contributed by atoms with Gasteiger partial charge in [-0.1, -0.05) is 6.07 Å². The number of halogens is 4. The van der Waals surface area contributed by atoms with Gasteiger partial charge in [-0.2, -0.15) is 0 Å². The summed E-state index contributed by atoms with van der Waals surface area (Å²) in [5, 5.41) is 13.4. The molecule has 1 aliphatic heterocycles. The molecule has 2 aliphatic rings. The zero-order chi connectivity index (χ0) is 19.9. The van der Waals surface area contributed by atoms with E-state index in [1.165, 1.54) is 6.07 Å². The summed E-state index contributed by atoms with van der Waals surface area (Å²) in [6, 6.07) is 5.68. The Balaban J connectivity index is 1.75. The monoisotopic (exact) mass is 503 g/mol. The molecule has 4 rings (SSSR count). The van der Waals surface area contributed by atoms with Gasteiger partial charge in [0.15, 0.2) is 11.6 Å². The highest BCUT2D eigenvalue weighted by Crippen LogP contribution is 2.51. The molecule has 7 heteroatoms. The van der Waals surface area contributed by atoms with Crippen LogP contribution in [0.3, 0.4) is 0 Å². The van der Waals surface area contributed by atoms with E-state index >= 15 is 0 Å². The number of fused-ring (bicyclic) bond motifs is 1. The molecule has 1 fully saturated rings. The highest BCUT2D eigenvalue weighted by atomic mass is 127. The van der Waals surface area contributed by atoms with Crippen LogP contribution in [0.2, 0.25) is 0 Å². The molecule has 1 spiro atoms. The molecule has 0 aromatic heterocycles. The Bertz CT molecular complexity index is 902. The molecule has 1 unspecified atom stereocenters. The molecule has 150 valence electrons. The smallest absolute Gasteiger partial charge is 0.164 e. The van der Waals surface area contributed by atoms with Crippen molar-refractivity contribution in [3.8, 4) is 5.75 Å². The molecule has 1 aliphatic carbocycles. The van der Waals surface area contributed by atoms with Crippen molar-refractivity contribution in [3.63, 3.8) is 0 Å². The maximum atomic E-state index is 14.7. The van der Waals surface area contributed by atoms with Crippen LogP contribution in [0.4, 0.5) is 18.9 Å². The Morgan fingerprint density at radius 3 is 2.64 bits per heavy atom. The van der Waals surface area contributed by atoms with Crippen molar-refractivity contribution in [1.29, 1.82) is 0 Å². The summed E-state index contributed by atoms with van der Waals surface area (Å²) < 4.78 is 49.7. The van der Waals surface area contributed by atoms with Gasteiger partial charge in [0.05, 0.1) is 11.8 Å². The average Bonchev–Trinajstić information content (AvgIpc) is 3.43. The second-order valence-corrected chi connectivity index (χ2v) is 9.04. The number of hydrogen-bond acceptors (Lipinski definition) is 3. The molecule has 0 saturated heterocycles. The van der Waals surface area contributed by atoms with Crippen molar-refractivity contribution in [3.05, 3.63) is 56.4 Å². The third-order valence-corrected chi connectivity index (χ3v) is 6.37. The summed E-state index contributed by atoms with van der Waals surface area (Å²) in [7, 11) is 0. The van der Waals surface area contributed by atoms with Gasteiger partial charge in [0, 0.05) is 28.2 Å². The summed E-state index contributed by atoms with van der Waals surface area (Å²) >= 11 is 2.00. The third kappa shape index (κ3) is 4.10. The van der Waals surface area contributed by atoms with E-state index in [1.807, 2.05) is 22.6 Å². The van der Waals surface area contributed by atoms with Gasteiger partial charge in [0.1, 0.15) is 18.2 Å². The number of rotatable bonds is 2. The molecule has 2 N–H and O–H groups in total. The van der Waals surface area contributed by atoms with E-state index in [1.54, 1.807) is 12.1 Å². The van der Waals surface area contributed by atoms with Crippen LogP contribution < -0.4 is 10.1 Å². The molecule has 0 bridgehead atoms. The molecular weight excluding hydrogens is 482 g/mol. The lowest BCUT2D eigenvalue weighted by Gasteiger charge is -2.25. The molecule has 1 heterocycles. The average molecular weight is 503 g/mol. The van der Waals surface area contributed by atoms with Crippen LogP contribution in [0.15, 0.2) is 24.3 Å². The second kappa shape index (κ2) is 7.74. The fraction of sp³-hybridized carbons (Fsp3) is 0.429. The molecule has 2 aromatic carbocycles. The lowest BCUT2D eigenvalue weighted by molar-refractivity contribution is 0.0919. The number of anilines is 1. The van der Waals surface area contributed by atoms with Crippen LogP contribution in [-0.2, 0) is 6.42 Å². The maximum absolute atomic E-state index is 14.7. The topological polar surface area (TPSA) is 41.5 Å². The molecule has 1 saturated carbocycles. The van der Waals surface area contributed by atoms with Gasteiger partial charge in [-0.3, -0.25) is 0 Å². The highest BCUT2D eigenvalue weighted by Gasteiger charge is 2.42. The zero-order valence-corrected chi connectivity index (χ0v) is 17.4. The van der Waals surface area contributed by atoms with Crippen molar-refractivity contribution in [2.45, 2.75) is 38.2 Å². The zero-order valence-electron chi connectivity index (χ0n) is 15.2. The number of nitrogens with one attached hydrogen (secondary N) is 1. The molecule has 1 atom stereocenters. The van der Waals surface area contributed by atoms with Crippen molar-refractivity contribution in [2.75, 3.05) is 18.5 Å². The van der Waals surface area contributed by atoms with E-state index in [0.717, 1.165) is 28.9 Å². The summed E-state index contributed by atoms with van der Waals surface area (Å²) in [4.78, 5) is 0. The van der Waals surface area contributed by atoms with Crippen molar-refractivity contribution in [1.82, 2.24) is 0 Å². The summed E-state index contributed by atoms with van der Waals surface area (Å²) in [5.74, 6) is -2.36. The van der Waals surface area contributed by atoms with Crippen molar-refractivity contribution < 1.29 is 23.0 Å². The van der Waals surface area contributed by atoms with Gasteiger partial charge in [0.2, 0.25) is 0 Å². The first-order valence-electron chi connectivity index (χ1n) is 9.36. The summed E-state index contributed by atoms with van der Waals surface area (Å²) in [6.07, 6.45) is 2.78. The standard InChI is InChI=1S/C21H21F3INO2/c22-16-8-13(25)2-1-12(16)7-15-19(24)17(23)9-18-20(15)26-11-21(5-6-21)4-3-14(27)10-28-18/h1-2,8-9,14,26-27H,3-7,10-11H2. The molecule has 3 nitrogen and oxygen atoms in total. The van der Waals surface area contributed by atoms with E-state index in [-0.39, 0.29) is 35.3 Å². The minimum Gasteiger partial charge on any atom is -0.489 e. The fourth-order valence-electron chi connectivity index (χ4n) is 3.69. The van der Waals surface area contributed by atoms with E-state index in [0.29, 0.717) is 18.7 Å². The first-order valence-corrected chi connectivity index (χ1v) is 10.4. The van der Waals surface area contributed by atoms with Gasteiger partial charge in [-0.25, -0.2) is 13.2 Å². The number of hydrogen-bond donors (Lipinski definition) is 2. The quantitative estimate of drug-likeness (QED) is 0.566. The van der Waals surface area contributed by atoms with Gasteiger partial charge in [0.25, 0.3) is 0 Å².